The second-order valence-corrected chi connectivity index (χ2v) is 9.13. The summed E-state index contributed by atoms with van der Waals surface area (Å²) in [5.74, 6) is -2.78. The van der Waals surface area contributed by atoms with Gasteiger partial charge >= 0.3 is 0 Å². The number of aromatic nitrogens is 4. The van der Waals surface area contributed by atoms with Crippen LogP contribution in [0.1, 0.15) is 45.1 Å². The van der Waals surface area contributed by atoms with Crippen molar-refractivity contribution in [2.24, 2.45) is 0 Å². The lowest BCUT2D eigenvalue weighted by molar-refractivity contribution is -0.127. The number of amides is 1. The predicted octanol–water partition coefficient (Wildman–Crippen LogP) is 3.50. The maximum absolute atomic E-state index is 14.4. The number of carbonyl (C=O) groups excluding carboxylic acids is 1. The standard InChI is InChI=1S/C23H26F3N7O2/c1-12(34)32-7-6-15(11-32)33-21-19(10-27-22(31-21)28-14-2-4-16(35)5-3-14)29-23(33)30-20-17(25)8-13(24)9-18(20)26/h8-10,14-16,35H,2-7,11H2,1H3,(H,29,30)(H,27,28,31). The van der Waals surface area contributed by atoms with Crippen LogP contribution in [0.25, 0.3) is 11.2 Å². The zero-order valence-electron chi connectivity index (χ0n) is 19.1. The van der Waals surface area contributed by atoms with Crippen molar-refractivity contribution in [1.82, 2.24) is 24.4 Å². The molecule has 3 N–H and O–H groups in total. The normalized spacial score (nSPS) is 22.5. The lowest BCUT2D eigenvalue weighted by atomic mass is 9.93. The lowest BCUT2D eigenvalue weighted by Crippen LogP contribution is -2.29. The highest BCUT2D eigenvalue weighted by molar-refractivity contribution is 5.77. The molecule has 0 spiro atoms. The first-order valence-corrected chi connectivity index (χ1v) is 11.6. The quantitative estimate of drug-likeness (QED) is 0.504. The van der Waals surface area contributed by atoms with Crippen molar-refractivity contribution in [3.8, 4) is 0 Å². The molecule has 0 radical (unpaired) electrons. The highest BCUT2D eigenvalue weighted by Crippen LogP contribution is 2.33. The number of fused-ring (bicyclic) bond motifs is 1. The van der Waals surface area contributed by atoms with Crippen molar-refractivity contribution in [2.45, 2.75) is 57.2 Å². The fraction of sp³-hybridized carbons (Fsp3) is 0.478. The van der Waals surface area contributed by atoms with Gasteiger partial charge in [-0.25, -0.2) is 23.1 Å². The number of anilines is 3. The van der Waals surface area contributed by atoms with Crippen LogP contribution in [0.2, 0.25) is 0 Å². The number of likely N-dealkylation sites (tertiary alicyclic amines) is 1. The smallest absolute Gasteiger partial charge is 0.224 e. The van der Waals surface area contributed by atoms with E-state index in [-0.39, 0.29) is 30.0 Å². The number of aliphatic hydroxyl groups is 1. The summed E-state index contributed by atoms with van der Waals surface area (Å²) in [7, 11) is 0. The molecule has 1 aromatic carbocycles. The third-order valence-electron chi connectivity index (χ3n) is 6.68. The van der Waals surface area contributed by atoms with Gasteiger partial charge in [-0.3, -0.25) is 9.36 Å². The molecule has 186 valence electrons. The largest absolute Gasteiger partial charge is 0.393 e. The van der Waals surface area contributed by atoms with Crippen molar-refractivity contribution in [2.75, 3.05) is 23.7 Å². The van der Waals surface area contributed by atoms with E-state index in [0.29, 0.717) is 61.6 Å². The molecule has 2 aliphatic rings. The molecule has 9 nitrogen and oxygen atoms in total. The van der Waals surface area contributed by atoms with Crippen LogP contribution in [0.3, 0.4) is 0 Å². The Hall–Kier alpha value is -3.41. The number of nitrogens with one attached hydrogen (secondary N) is 2. The zero-order chi connectivity index (χ0) is 24.7. The minimum Gasteiger partial charge on any atom is -0.393 e. The molecular formula is C23H26F3N7O2. The molecule has 1 saturated heterocycles. The predicted molar refractivity (Wildman–Crippen MR) is 123 cm³/mol. The molecule has 1 atom stereocenters. The summed E-state index contributed by atoms with van der Waals surface area (Å²) in [5.41, 5.74) is 0.317. The van der Waals surface area contributed by atoms with Crippen molar-refractivity contribution in [3.05, 3.63) is 35.8 Å². The summed E-state index contributed by atoms with van der Waals surface area (Å²) in [6.45, 7) is 2.40. The highest BCUT2D eigenvalue weighted by atomic mass is 19.1. The van der Waals surface area contributed by atoms with Gasteiger partial charge in [0.05, 0.1) is 18.3 Å². The molecule has 3 aromatic rings. The van der Waals surface area contributed by atoms with E-state index in [1.54, 1.807) is 9.47 Å². The van der Waals surface area contributed by atoms with Gasteiger partial charge in [-0.05, 0) is 32.1 Å². The van der Waals surface area contributed by atoms with Crippen molar-refractivity contribution < 1.29 is 23.1 Å². The molecule has 1 saturated carbocycles. The molecule has 1 aliphatic heterocycles. The van der Waals surface area contributed by atoms with Crippen LogP contribution in [0.4, 0.5) is 30.8 Å². The van der Waals surface area contributed by atoms with Crippen molar-refractivity contribution in [1.29, 1.82) is 0 Å². The van der Waals surface area contributed by atoms with Crippen LogP contribution in [0.15, 0.2) is 18.3 Å². The molecule has 1 aliphatic carbocycles. The van der Waals surface area contributed by atoms with E-state index in [1.807, 2.05) is 0 Å². The minimum absolute atomic E-state index is 0.0708. The number of aliphatic hydroxyl groups excluding tert-OH is 1. The number of carbonyl (C=O) groups is 1. The molecule has 2 fully saturated rings. The first-order chi connectivity index (χ1) is 16.8. The number of benzene rings is 1. The van der Waals surface area contributed by atoms with Crippen LogP contribution in [0.5, 0.6) is 0 Å². The fourth-order valence-corrected chi connectivity index (χ4v) is 4.81. The SMILES string of the molecule is CC(=O)N1CCC(n2c(Nc3c(F)cc(F)cc3F)nc3cnc(NC4CCC(O)CC4)nc32)C1. The molecule has 3 heterocycles. The van der Waals surface area contributed by atoms with Crippen LogP contribution in [0, 0.1) is 17.5 Å². The maximum Gasteiger partial charge on any atom is 0.224 e. The van der Waals surface area contributed by atoms with Gasteiger partial charge in [-0.1, -0.05) is 0 Å². The van der Waals surface area contributed by atoms with Crippen molar-refractivity contribution in [3.63, 3.8) is 0 Å². The van der Waals surface area contributed by atoms with Gasteiger partial charge in [-0.15, -0.1) is 0 Å². The first-order valence-electron chi connectivity index (χ1n) is 11.6. The van der Waals surface area contributed by atoms with E-state index in [9.17, 15) is 23.1 Å². The molecule has 35 heavy (non-hydrogen) atoms. The van der Waals surface area contributed by atoms with Gasteiger partial charge in [-0.2, -0.15) is 4.98 Å². The molecule has 12 heteroatoms. The Labute approximate surface area is 199 Å². The lowest BCUT2D eigenvalue weighted by Gasteiger charge is -2.26. The van der Waals surface area contributed by atoms with Gasteiger partial charge in [0.1, 0.15) is 17.0 Å². The summed E-state index contributed by atoms with van der Waals surface area (Å²) in [5, 5.41) is 15.7. The summed E-state index contributed by atoms with van der Waals surface area (Å²) in [4.78, 5) is 27.1. The second-order valence-electron chi connectivity index (χ2n) is 9.13. The third kappa shape index (κ3) is 4.75. The van der Waals surface area contributed by atoms with E-state index < -0.39 is 23.1 Å². The van der Waals surface area contributed by atoms with Crippen LogP contribution in [-0.2, 0) is 4.79 Å². The van der Waals surface area contributed by atoms with E-state index in [2.05, 4.69) is 25.6 Å². The van der Waals surface area contributed by atoms with E-state index in [1.165, 1.54) is 13.1 Å². The number of rotatable bonds is 5. The van der Waals surface area contributed by atoms with Crippen LogP contribution < -0.4 is 10.6 Å². The van der Waals surface area contributed by atoms with Crippen LogP contribution >= 0.6 is 0 Å². The Morgan fingerprint density at radius 2 is 1.80 bits per heavy atom. The monoisotopic (exact) mass is 489 g/mol. The van der Waals surface area contributed by atoms with Gasteiger partial charge in [0.2, 0.25) is 17.8 Å². The maximum atomic E-state index is 14.4. The summed E-state index contributed by atoms with van der Waals surface area (Å²) >= 11 is 0. The van der Waals surface area contributed by atoms with Crippen molar-refractivity contribution >= 4 is 34.7 Å². The number of hydrogen-bond donors (Lipinski definition) is 3. The molecule has 1 amide bonds. The minimum atomic E-state index is -1.09. The zero-order valence-corrected chi connectivity index (χ0v) is 19.1. The Bertz CT molecular complexity index is 1240. The highest BCUT2D eigenvalue weighted by Gasteiger charge is 2.30. The Kier molecular flexibility index (Phi) is 6.22. The number of hydrogen-bond acceptors (Lipinski definition) is 7. The topological polar surface area (TPSA) is 108 Å². The average Bonchev–Trinajstić information content (AvgIpc) is 3.42. The van der Waals surface area contributed by atoms with Gasteiger partial charge in [0.25, 0.3) is 0 Å². The number of imidazole rings is 1. The number of nitrogens with zero attached hydrogens (tertiary/aromatic N) is 5. The number of halogens is 3. The van der Waals surface area contributed by atoms with Gasteiger partial charge in [0, 0.05) is 38.2 Å². The molecule has 2 aromatic heterocycles. The summed E-state index contributed by atoms with van der Waals surface area (Å²) < 4.78 is 43.9. The third-order valence-corrected chi connectivity index (χ3v) is 6.68. The molecule has 5 rings (SSSR count). The molecule has 0 bridgehead atoms. The second kappa shape index (κ2) is 9.33. The first kappa shape index (κ1) is 23.3. The van der Waals surface area contributed by atoms with Crippen LogP contribution in [-0.4, -0.2) is 60.7 Å². The summed E-state index contributed by atoms with van der Waals surface area (Å²) in [6, 6.07) is 1.06. The Morgan fingerprint density at radius 3 is 2.46 bits per heavy atom. The summed E-state index contributed by atoms with van der Waals surface area (Å²) in [6.07, 6.45) is 4.81. The van der Waals surface area contributed by atoms with Gasteiger partial charge < -0.3 is 20.6 Å². The Balaban J connectivity index is 1.52. The molecular weight excluding hydrogens is 463 g/mol. The molecule has 1 unspecified atom stereocenters. The fourth-order valence-electron chi connectivity index (χ4n) is 4.81. The van der Waals surface area contributed by atoms with E-state index in [0.717, 1.165) is 12.8 Å². The van der Waals surface area contributed by atoms with Gasteiger partial charge in [0.15, 0.2) is 17.3 Å². The van der Waals surface area contributed by atoms with E-state index >= 15 is 0 Å². The Morgan fingerprint density at radius 1 is 1.09 bits per heavy atom. The van der Waals surface area contributed by atoms with E-state index in [4.69, 9.17) is 0 Å². The average molecular weight is 490 g/mol.